The van der Waals surface area contributed by atoms with Crippen molar-refractivity contribution in [2.24, 2.45) is 0 Å². The zero-order valence-corrected chi connectivity index (χ0v) is 21.8. The van der Waals surface area contributed by atoms with Gasteiger partial charge in [0.05, 0.1) is 0 Å². The minimum absolute atomic E-state index is 0.928. The molecular weight excluding hydrogens is 494 g/mol. The smallest absolute Gasteiger partial charge is 0.143 e. The van der Waals surface area contributed by atoms with Crippen LogP contribution in [0.5, 0.6) is 0 Å². The number of hydrogen-bond acceptors (Lipinski definition) is 3. The van der Waals surface area contributed by atoms with Gasteiger partial charge in [0.25, 0.3) is 0 Å². The van der Waals surface area contributed by atoms with E-state index in [1.54, 1.807) is 0 Å². The third kappa shape index (κ3) is 3.79. The van der Waals surface area contributed by atoms with Crippen molar-refractivity contribution in [3.05, 3.63) is 133 Å². The zero-order valence-electron chi connectivity index (χ0n) is 21.0. The van der Waals surface area contributed by atoms with Gasteiger partial charge < -0.3 is 9.73 Å². The molecule has 0 spiro atoms. The molecule has 2 aromatic heterocycles. The number of nitrogens with one attached hydrogen (secondary N) is 1. The van der Waals surface area contributed by atoms with E-state index in [9.17, 15) is 0 Å². The average molecular weight is 518 g/mol. The summed E-state index contributed by atoms with van der Waals surface area (Å²) >= 11 is 1.83. The van der Waals surface area contributed by atoms with Gasteiger partial charge in [0, 0.05) is 47.9 Å². The molecule has 8 rings (SSSR count). The van der Waals surface area contributed by atoms with Crippen LogP contribution in [0.1, 0.15) is 0 Å². The Balaban J connectivity index is 1.14. The van der Waals surface area contributed by atoms with Gasteiger partial charge in [-0.15, -0.1) is 11.3 Å². The first-order valence-electron chi connectivity index (χ1n) is 13.1. The van der Waals surface area contributed by atoms with Gasteiger partial charge in [-0.2, -0.15) is 0 Å². The molecule has 0 aliphatic carbocycles. The van der Waals surface area contributed by atoms with Crippen molar-refractivity contribution in [2.45, 2.75) is 0 Å². The Morgan fingerprint density at radius 2 is 1.13 bits per heavy atom. The first-order valence-corrected chi connectivity index (χ1v) is 13.9. The molecule has 3 heteroatoms. The number of thiophene rings is 1. The number of furan rings is 1. The molecular formula is C36H23NOS. The second-order valence-corrected chi connectivity index (χ2v) is 11.0. The summed E-state index contributed by atoms with van der Waals surface area (Å²) in [5, 5.41) is 8.47. The van der Waals surface area contributed by atoms with Gasteiger partial charge in [-0.3, -0.25) is 0 Å². The Hall–Kier alpha value is -4.86. The molecule has 0 unspecified atom stereocenters. The van der Waals surface area contributed by atoms with Crippen LogP contribution in [0.4, 0.5) is 11.4 Å². The average Bonchev–Trinajstić information content (AvgIpc) is 3.55. The van der Waals surface area contributed by atoms with Crippen molar-refractivity contribution < 1.29 is 4.42 Å². The fourth-order valence-corrected chi connectivity index (χ4v) is 6.72. The molecule has 6 aromatic carbocycles. The molecule has 39 heavy (non-hydrogen) atoms. The fraction of sp³-hybridized carbons (Fsp3) is 0. The van der Waals surface area contributed by atoms with Gasteiger partial charge >= 0.3 is 0 Å². The van der Waals surface area contributed by atoms with E-state index < -0.39 is 0 Å². The third-order valence-corrected chi connectivity index (χ3v) is 8.58. The number of fused-ring (bicyclic) bond motifs is 6. The number of benzene rings is 6. The second kappa shape index (κ2) is 8.87. The van der Waals surface area contributed by atoms with E-state index in [1.807, 2.05) is 29.5 Å². The summed E-state index contributed by atoms with van der Waals surface area (Å²) in [6.45, 7) is 0. The number of hydrogen-bond donors (Lipinski definition) is 1. The molecule has 2 heterocycles. The van der Waals surface area contributed by atoms with Crippen LogP contribution >= 0.6 is 11.3 Å². The summed E-state index contributed by atoms with van der Waals surface area (Å²) in [6.07, 6.45) is 0. The topological polar surface area (TPSA) is 25.2 Å². The molecule has 0 fully saturated rings. The van der Waals surface area contributed by atoms with Crippen molar-refractivity contribution in [1.82, 2.24) is 0 Å². The predicted molar refractivity (Wildman–Crippen MR) is 167 cm³/mol. The maximum atomic E-state index is 6.31. The first-order chi connectivity index (χ1) is 19.3. The highest BCUT2D eigenvalue weighted by atomic mass is 32.1. The summed E-state index contributed by atoms with van der Waals surface area (Å²) in [5.41, 5.74) is 8.80. The Labute approximate surface area is 229 Å². The maximum Gasteiger partial charge on any atom is 0.143 e. The van der Waals surface area contributed by atoms with E-state index in [4.69, 9.17) is 4.42 Å². The molecule has 0 saturated carbocycles. The summed E-state index contributed by atoms with van der Waals surface area (Å²) in [4.78, 5) is 0. The quantitative estimate of drug-likeness (QED) is 0.251. The molecule has 184 valence electrons. The highest BCUT2D eigenvalue weighted by Gasteiger charge is 2.13. The summed E-state index contributed by atoms with van der Waals surface area (Å²) < 4.78 is 8.86. The van der Waals surface area contributed by atoms with Crippen LogP contribution in [-0.2, 0) is 0 Å². The van der Waals surface area contributed by atoms with Gasteiger partial charge in [0.1, 0.15) is 11.2 Å². The number of rotatable bonds is 4. The van der Waals surface area contributed by atoms with Crippen LogP contribution in [0.3, 0.4) is 0 Å². The highest BCUT2D eigenvalue weighted by Crippen LogP contribution is 2.40. The molecule has 0 saturated heterocycles. The van der Waals surface area contributed by atoms with Gasteiger partial charge in [-0.25, -0.2) is 0 Å². The molecule has 8 aromatic rings. The van der Waals surface area contributed by atoms with E-state index in [2.05, 4.69) is 121 Å². The lowest BCUT2D eigenvalue weighted by atomic mass is 10.0. The van der Waals surface area contributed by atoms with Gasteiger partial charge in [-0.05, 0) is 53.1 Å². The van der Waals surface area contributed by atoms with Crippen molar-refractivity contribution in [3.8, 4) is 22.3 Å². The Bertz CT molecular complexity index is 2140. The van der Waals surface area contributed by atoms with E-state index >= 15 is 0 Å². The molecule has 0 amide bonds. The Morgan fingerprint density at radius 1 is 0.462 bits per heavy atom. The molecule has 0 atom stereocenters. The van der Waals surface area contributed by atoms with Crippen molar-refractivity contribution in [3.63, 3.8) is 0 Å². The summed E-state index contributed by atoms with van der Waals surface area (Å²) in [7, 11) is 0. The summed E-state index contributed by atoms with van der Waals surface area (Å²) in [5.74, 6) is 0. The normalized spacial score (nSPS) is 11.6. The molecule has 2 nitrogen and oxygen atoms in total. The van der Waals surface area contributed by atoms with E-state index in [1.165, 1.54) is 36.9 Å². The number of para-hydroxylation sites is 2. The Kier molecular flexibility index (Phi) is 5.04. The zero-order chi connectivity index (χ0) is 25.8. The van der Waals surface area contributed by atoms with E-state index in [0.717, 1.165) is 38.9 Å². The standard InChI is InChI=1S/C36H23NOS/c1-2-7-23(8-3-1)24-13-16-26(17-14-24)37-27-18-20-31-30-19-15-25(21-34(30)39-35(31)22-27)28-10-6-11-32-29-9-4-5-12-33(29)38-36(28)32/h1-22,37H. The van der Waals surface area contributed by atoms with Crippen molar-refractivity contribution >= 4 is 64.8 Å². The van der Waals surface area contributed by atoms with Gasteiger partial charge in [0.15, 0.2) is 0 Å². The van der Waals surface area contributed by atoms with Crippen LogP contribution in [0.25, 0.3) is 64.4 Å². The minimum Gasteiger partial charge on any atom is -0.455 e. The lowest BCUT2D eigenvalue weighted by Gasteiger charge is -2.08. The largest absolute Gasteiger partial charge is 0.455 e. The van der Waals surface area contributed by atoms with Crippen molar-refractivity contribution in [1.29, 1.82) is 0 Å². The fourth-order valence-electron chi connectivity index (χ4n) is 5.54. The van der Waals surface area contributed by atoms with Crippen molar-refractivity contribution in [2.75, 3.05) is 5.32 Å². The van der Waals surface area contributed by atoms with Gasteiger partial charge in [0.2, 0.25) is 0 Å². The molecule has 0 aliphatic heterocycles. The summed E-state index contributed by atoms with van der Waals surface area (Å²) in [6, 6.07) is 47.2. The van der Waals surface area contributed by atoms with Crippen LogP contribution in [0, 0.1) is 0 Å². The SMILES string of the molecule is c1ccc(-c2ccc(Nc3ccc4c(c3)sc3cc(-c5cccc6c5oc5ccccc56)ccc34)cc2)cc1. The Morgan fingerprint density at radius 3 is 2.00 bits per heavy atom. The maximum absolute atomic E-state index is 6.31. The van der Waals surface area contributed by atoms with Crippen LogP contribution < -0.4 is 5.32 Å². The number of anilines is 2. The van der Waals surface area contributed by atoms with Crippen LogP contribution in [-0.4, -0.2) is 0 Å². The lowest BCUT2D eigenvalue weighted by Crippen LogP contribution is -1.89. The van der Waals surface area contributed by atoms with Crippen LogP contribution in [0.15, 0.2) is 138 Å². The molecule has 0 aliphatic rings. The predicted octanol–water partition coefficient (Wildman–Crippen LogP) is 11.0. The monoisotopic (exact) mass is 517 g/mol. The van der Waals surface area contributed by atoms with E-state index in [0.29, 0.717) is 0 Å². The third-order valence-electron chi connectivity index (χ3n) is 7.47. The van der Waals surface area contributed by atoms with Gasteiger partial charge in [-0.1, -0.05) is 97.1 Å². The highest BCUT2D eigenvalue weighted by molar-refractivity contribution is 7.25. The van der Waals surface area contributed by atoms with E-state index in [-0.39, 0.29) is 0 Å². The molecule has 0 bridgehead atoms. The second-order valence-electron chi connectivity index (χ2n) is 9.87. The first kappa shape index (κ1) is 22.2. The molecule has 1 N–H and O–H groups in total. The molecule has 0 radical (unpaired) electrons. The lowest BCUT2D eigenvalue weighted by molar-refractivity contribution is 0.670. The van der Waals surface area contributed by atoms with Crippen LogP contribution in [0.2, 0.25) is 0 Å². The minimum atomic E-state index is 0.928.